The van der Waals surface area contributed by atoms with Gasteiger partial charge < -0.3 is 9.84 Å². The van der Waals surface area contributed by atoms with Crippen LogP contribution >= 0.6 is 0 Å². The fourth-order valence-corrected chi connectivity index (χ4v) is 3.05. The molecule has 1 aliphatic carbocycles. The van der Waals surface area contributed by atoms with Crippen LogP contribution in [-0.4, -0.2) is 23.3 Å². The van der Waals surface area contributed by atoms with E-state index in [1.807, 2.05) is 6.92 Å². The topological polar surface area (TPSA) is 46.5 Å². The molecule has 1 aliphatic rings. The zero-order valence-electron chi connectivity index (χ0n) is 11.7. The molecule has 3 nitrogen and oxygen atoms in total. The Balaban J connectivity index is 2.91. The largest absolute Gasteiger partial charge is 0.465 e. The molecule has 0 radical (unpaired) electrons. The molecule has 0 aliphatic heterocycles. The first-order valence-electron chi connectivity index (χ1n) is 6.65. The van der Waals surface area contributed by atoms with E-state index in [2.05, 4.69) is 6.92 Å². The molecule has 3 atom stereocenters. The van der Waals surface area contributed by atoms with Crippen LogP contribution in [0.1, 0.15) is 53.9 Å². The monoisotopic (exact) mass is 242 g/mol. The molecule has 3 unspecified atom stereocenters. The van der Waals surface area contributed by atoms with Crippen molar-refractivity contribution in [1.29, 1.82) is 0 Å². The number of esters is 1. The second-order valence-corrected chi connectivity index (χ2v) is 6.05. The smallest absolute Gasteiger partial charge is 0.314 e. The maximum atomic E-state index is 12.0. The number of carbonyl (C=O) groups excluding carboxylic acids is 1. The van der Waals surface area contributed by atoms with Crippen LogP contribution in [0.3, 0.4) is 0 Å². The summed E-state index contributed by atoms with van der Waals surface area (Å²) in [6, 6.07) is 0. The maximum absolute atomic E-state index is 12.0. The summed E-state index contributed by atoms with van der Waals surface area (Å²) in [5.41, 5.74) is -1.77. The van der Waals surface area contributed by atoms with Crippen molar-refractivity contribution >= 4 is 5.97 Å². The van der Waals surface area contributed by atoms with E-state index in [1.54, 1.807) is 20.8 Å². The highest BCUT2D eigenvalue weighted by molar-refractivity contribution is 5.77. The molecule has 0 aromatic rings. The molecule has 1 rings (SSSR count). The average Bonchev–Trinajstić information content (AvgIpc) is 2.24. The second-order valence-electron chi connectivity index (χ2n) is 6.05. The molecule has 0 saturated heterocycles. The Hall–Kier alpha value is -0.570. The van der Waals surface area contributed by atoms with Crippen LogP contribution in [0.4, 0.5) is 0 Å². The fraction of sp³-hybridized carbons (Fsp3) is 0.929. The van der Waals surface area contributed by atoms with Crippen molar-refractivity contribution in [2.45, 2.75) is 59.5 Å². The van der Waals surface area contributed by atoms with E-state index in [-0.39, 0.29) is 11.9 Å². The van der Waals surface area contributed by atoms with Crippen LogP contribution in [0.2, 0.25) is 0 Å². The molecule has 1 N–H and O–H groups in total. The Bertz CT molecular complexity index is 285. The maximum Gasteiger partial charge on any atom is 0.314 e. The molecule has 0 spiro atoms. The van der Waals surface area contributed by atoms with Crippen LogP contribution in [-0.2, 0) is 9.53 Å². The Morgan fingerprint density at radius 1 is 1.47 bits per heavy atom. The Morgan fingerprint density at radius 2 is 2.06 bits per heavy atom. The summed E-state index contributed by atoms with van der Waals surface area (Å²) in [4.78, 5) is 12.0. The first-order valence-corrected chi connectivity index (χ1v) is 6.65. The van der Waals surface area contributed by atoms with Gasteiger partial charge in [-0.15, -0.1) is 0 Å². The van der Waals surface area contributed by atoms with Gasteiger partial charge in [0, 0.05) is 0 Å². The van der Waals surface area contributed by atoms with E-state index in [0.717, 1.165) is 12.8 Å². The van der Waals surface area contributed by atoms with E-state index < -0.39 is 11.0 Å². The summed E-state index contributed by atoms with van der Waals surface area (Å²) in [5, 5.41) is 10.9. The molecule has 1 saturated carbocycles. The average molecular weight is 242 g/mol. The number of aliphatic hydroxyl groups is 1. The molecule has 100 valence electrons. The minimum absolute atomic E-state index is 0.130. The van der Waals surface area contributed by atoms with Gasteiger partial charge in [-0.3, -0.25) is 4.79 Å². The SMILES string of the molecule is CCOC(=O)C(C)(C)C1(O)CCC(C)CC1C. The number of carbonyl (C=O) groups is 1. The zero-order chi connectivity index (χ0) is 13.3. The van der Waals surface area contributed by atoms with E-state index in [9.17, 15) is 9.90 Å². The van der Waals surface area contributed by atoms with E-state index in [4.69, 9.17) is 4.74 Å². The van der Waals surface area contributed by atoms with Crippen LogP contribution < -0.4 is 0 Å². The number of hydrogen-bond donors (Lipinski definition) is 1. The third-order valence-corrected chi connectivity index (χ3v) is 4.46. The van der Waals surface area contributed by atoms with Crippen LogP contribution in [0.25, 0.3) is 0 Å². The molecule has 0 aromatic carbocycles. The van der Waals surface area contributed by atoms with Crippen molar-refractivity contribution in [2.24, 2.45) is 17.3 Å². The van der Waals surface area contributed by atoms with Crippen molar-refractivity contribution in [2.75, 3.05) is 6.61 Å². The highest BCUT2D eigenvalue weighted by atomic mass is 16.5. The lowest BCUT2D eigenvalue weighted by atomic mass is 9.60. The molecule has 0 amide bonds. The van der Waals surface area contributed by atoms with Crippen molar-refractivity contribution in [3.8, 4) is 0 Å². The fourth-order valence-electron chi connectivity index (χ4n) is 3.05. The van der Waals surface area contributed by atoms with Gasteiger partial charge in [0.15, 0.2) is 0 Å². The van der Waals surface area contributed by atoms with E-state index in [1.165, 1.54) is 0 Å². The van der Waals surface area contributed by atoms with E-state index >= 15 is 0 Å². The molecular formula is C14H26O3. The Labute approximate surface area is 105 Å². The predicted octanol–water partition coefficient (Wildman–Crippen LogP) is 2.76. The van der Waals surface area contributed by atoms with E-state index in [0.29, 0.717) is 18.9 Å². The quantitative estimate of drug-likeness (QED) is 0.774. The summed E-state index contributed by atoms with van der Waals surface area (Å²) >= 11 is 0. The summed E-state index contributed by atoms with van der Waals surface area (Å²) in [6.45, 7) is 10.0. The van der Waals surface area contributed by atoms with Gasteiger partial charge >= 0.3 is 5.97 Å². The zero-order valence-corrected chi connectivity index (χ0v) is 11.7. The standard InChI is InChI=1S/C14H26O3/c1-6-17-12(15)13(4,5)14(16)8-7-10(2)9-11(14)3/h10-11,16H,6-9H2,1-5H3. The van der Waals surface area contributed by atoms with Gasteiger partial charge in [0.05, 0.1) is 17.6 Å². The molecule has 17 heavy (non-hydrogen) atoms. The molecule has 1 fully saturated rings. The molecule has 0 aromatic heterocycles. The third-order valence-electron chi connectivity index (χ3n) is 4.46. The first kappa shape index (κ1) is 14.5. The van der Waals surface area contributed by atoms with Crippen molar-refractivity contribution in [3.63, 3.8) is 0 Å². The van der Waals surface area contributed by atoms with Gasteiger partial charge in [0.25, 0.3) is 0 Å². The molecule has 0 bridgehead atoms. The van der Waals surface area contributed by atoms with Crippen LogP contribution in [0.5, 0.6) is 0 Å². The number of hydrogen-bond acceptors (Lipinski definition) is 3. The van der Waals surface area contributed by atoms with Gasteiger partial charge in [-0.2, -0.15) is 0 Å². The van der Waals surface area contributed by atoms with Crippen molar-refractivity contribution in [1.82, 2.24) is 0 Å². The molecule has 3 heteroatoms. The minimum Gasteiger partial charge on any atom is -0.465 e. The Morgan fingerprint density at radius 3 is 2.53 bits per heavy atom. The van der Waals surface area contributed by atoms with Crippen LogP contribution in [0, 0.1) is 17.3 Å². The first-order chi connectivity index (χ1) is 7.75. The van der Waals surface area contributed by atoms with Gasteiger partial charge in [-0.05, 0) is 51.9 Å². The highest BCUT2D eigenvalue weighted by Crippen LogP contribution is 2.47. The summed E-state index contributed by atoms with van der Waals surface area (Å²) in [6.07, 6.45) is 2.63. The Kier molecular flexibility index (Phi) is 4.23. The van der Waals surface area contributed by atoms with Gasteiger partial charge in [0.1, 0.15) is 0 Å². The third kappa shape index (κ3) is 2.49. The van der Waals surface area contributed by atoms with Crippen molar-refractivity contribution < 1.29 is 14.6 Å². The lowest BCUT2D eigenvalue weighted by Gasteiger charge is -2.49. The summed E-state index contributed by atoms with van der Waals surface area (Å²) in [5.74, 6) is 0.470. The van der Waals surface area contributed by atoms with Gasteiger partial charge in [0.2, 0.25) is 0 Å². The highest BCUT2D eigenvalue weighted by Gasteiger charge is 2.54. The predicted molar refractivity (Wildman–Crippen MR) is 67.5 cm³/mol. The minimum atomic E-state index is -0.939. The lowest BCUT2D eigenvalue weighted by molar-refractivity contribution is -0.185. The molecule has 0 heterocycles. The number of rotatable bonds is 3. The summed E-state index contributed by atoms with van der Waals surface area (Å²) < 4.78 is 5.10. The van der Waals surface area contributed by atoms with Crippen molar-refractivity contribution in [3.05, 3.63) is 0 Å². The molecular weight excluding hydrogens is 216 g/mol. The number of ether oxygens (including phenoxy) is 1. The van der Waals surface area contributed by atoms with Crippen LogP contribution in [0.15, 0.2) is 0 Å². The van der Waals surface area contributed by atoms with Gasteiger partial charge in [-0.1, -0.05) is 13.8 Å². The second kappa shape index (κ2) is 4.97. The normalized spacial score (nSPS) is 34.5. The summed E-state index contributed by atoms with van der Waals surface area (Å²) in [7, 11) is 0. The lowest BCUT2D eigenvalue weighted by Crippen LogP contribution is -2.56. The van der Waals surface area contributed by atoms with Gasteiger partial charge in [-0.25, -0.2) is 0 Å².